The van der Waals surface area contributed by atoms with Crippen molar-refractivity contribution in [1.29, 1.82) is 0 Å². The van der Waals surface area contributed by atoms with Crippen LogP contribution in [0.3, 0.4) is 0 Å². The average molecular weight is 366 g/mol. The Bertz CT molecular complexity index is 665. The molecule has 1 unspecified atom stereocenters. The molecule has 0 saturated heterocycles. The molecule has 0 radical (unpaired) electrons. The third-order valence-corrected chi connectivity index (χ3v) is 3.41. The van der Waals surface area contributed by atoms with Gasteiger partial charge in [0, 0.05) is 30.9 Å². The van der Waals surface area contributed by atoms with Crippen molar-refractivity contribution >= 4 is 17.5 Å². The van der Waals surface area contributed by atoms with Gasteiger partial charge in [0.25, 0.3) is 0 Å². The highest BCUT2D eigenvalue weighted by atomic mass is 35.5. The van der Waals surface area contributed by atoms with Crippen LogP contribution in [0.25, 0.3) is 0 Å². The molecular formula is C17H20ClN3O4. The quantitative estimate of drug-likeness (QED) is 0.547. The third-order valence-electron chi connectivity index (χ3n) is 3.19. The summed E-state index contributed by atoms with van der Waals surface area (Å²) < 4.78 is 10.9. The fourth-order valence-electron chi connectivity index (χ4n) is 1.91. The molecule has 0 saturated carbocycles. The normalized spacial score (nSPS) is 11.8. The van der Waals surface area contributed by atoms with E-state index in [1.807, 2.05) is 0 Å². The van der Waals surface area contributed by atoms with Gasteiger partial charge >= 0.3 is 0 Å². The van der Waals surface area contributed by atoms with Crippen LogP contribution < -0.4 is 20.5 Å². The number of hydrogen-bond donors (Lipinski definition) is 3. The number of aliphatic hydroxyl groups is 1. The van der Waals surface area contributed by atoms with Gasteiger partial charge in [-0.05, 0) is 30.3 Å². The SMILES string of the molecule is NC(=O)c1ccc(OCCNCC(O)COc2ccc(Cl)cn2)cc1. The smallest absolute Gasteiger partial charge is 0.248 e. The van der Waals surface area contributed by atoms with Crippen molar-refractivity contribution in [2.45, 2.75) is 6.10 Å². The van der Waals surface area contributed by atoms with E-state index < -0.39 is 12.0 Å². The number of rotatable bonds is 10. The standard InChI is InChI=1S/C17H20ClN3O4/c18-13-3-6-16(21-9-13)25-11-14(22)10-20-7-8-24-15-4-1-12(2-5-15)17(19)23/h1-6,9,14,20,22H,7-8,10-11H2,(H2,19,23). The van der Waals surface area contributed by atoms with Gasteiger partial charge in [-0.25, -0.2) is 4.98 Å². The molecule has 7 nitrogen and oxygen atoms in total. The summed E-state index contributed by atoms with van der Waals surface area (Å²) in [5.41, 5.74) is 5.60. The third kappa shape index (κ3) is 6.96. The van der Waals surface area contributed by atoms with Gasteiger partial charge in [-0.2, -0.15) is 0 Å². The van der Waals surface area contributed by atoms with Crippen LogP contribution in [0.1, 0.15) is 10.4 Å². The second kappa shape index (κ2) is 9.83. The van der Waals surface area contributed by atoms with E-state index in [1.54, 1.807) is 36.4 Å². The van der Waals surface area contributed by atoms with E-state index in [0.29, 0.717) is 41.9 Å². The summed E-state index contributed by atoms with van der Waals surface area (Å²) in [5, 5.41) is 13.4. The predicted octanol–water partition coefficient (Wildman–Crippen LogP) is 1.24. The topological polar surface area (TPSA) is 107 Å². The molecule has 0 spiro atoms. The molecule has 2 aromatic rings. The number of benzene rings is 1. The van der Waals surface area contributed by atoms with E-state index >= 15 is 0 Å². The zero-order chi connectivity index (χ0) is 18.1. The highest BCUT2D eigenvalue weighted by Crippen LogP contribution is 2.12. The molecule has 0 bridgehead atoms. The number of aliphatic hydroxyl groups excluding tert-OH is 1. The summed E-state index contributed by atoms with van der Waals surface area (Å²) in [7, 11) is 0. The number of nitrogens with two attached hydrogens (primary N) is 1. The lowest BCUT2D eigenvalue weighted by Gasteiger charge is -2.13. The number of halogens is 1. The Labute approximate surface area is 150 Å². The summed E-state index contributed by atoms with van der Waals surface area (Å²) in [6.07, 6.45) is 0.807. The molecule has 1 aromatic carbocycles. The number of amides is 1. The van der Waals surface area contributed by atoms with Gasteiger partial charge in [0.05, 0.1) is 5.02 Å². The molecule has 2 rings (SSSR count). The van der Waals surface area contributed by atoms with Crippen LogP contribution in [0.4, 0.5) is 0 Å². The van der Waals surface area contributed by atoms with Crippen LogP contribution in [-0.2, 0) is 0 Å². The number of ether oxygens (including phenoxy) is 2. The molecule has 1 heterocycles. The Morgan fingerprint density at radius 2 is 2.00 bits per heavy atom. The van der Waals surface area contributed by atoms with Crippen molar-refractivity contribution in [2.75, 3.05) is 26.3 Å². The molecule has 1 atom stereocenters. The van der Waals surface area contributed by atoms with Crippen LogP contribution in [0.5, 0.6) is 11.6 Å². The van der Waals surface area contributed by atoms with E-state index in [9.17, 15) is 9.90 Å². The van der Waals surface area contributed by atoms with Crippen molar-refractivity contribution < 1.29 is 19.4 Å². The number of aromatic nitrogens is 1. The Balaban J connectivity index is 1.57. The minimum absolute atomic E-state index is 0.122. The van der Waals surface area contributed by atoms with E-state index in [2.05, 4.69) is 10.3 Å². The Kier molecular flexibility index (Phi) is 7.46. The van der Waals surface area contributed by atoms with Crippen LogP contribution in [0.15, 0.2) is 42.6 Å². The zero-order valence-corrected chi connectivity index (χ0v) is 14.3. The molecule has 0 aliphatic heterocycles. The minimum Gasteiger partial charge on any atom is -0.492 e. The molecule has 4 N–H and O–H groups in total. The molecule has 0 aliphatic rings. The second-order valence-electron chi connectivity index (χ2n) is 5.22. The first-order valence-corrected chi connectivity index (χ1v) is 8.08. The van der Waals surface area contributed by atoms with Gasteiger partial charge in [0.2, 0.25) is 11.8 Å². The maximum Gasteiger partial charge on any atom is 0.248 e. The molecule has 0 aliphatic carbocycles. The molecule has 1 aromatic heterocycles. The fraction of sp³-hybridized carbons (Fsp3) is 0.294. The van der Waals surface area contributed by atoms with Crippen molar-refractivity contribution in [3.63, 3.8) is 0 Å². The summed E-state index contributed by atoms with van der Waals surface area (Å²) >= 11 is 5.73. The first-order chi connectivity index (χ1) is 12.0. The number of primary amides is 1. The second-order valence-corrected chi connectivity index (χ2v) is 5.66. The monoisotopic (exact) mass is 365 g/mol. The number of nitrogens with zero attached hydrogens (tertiary/aromatic N) is 1. The lowest BCUT2D eigenvalue weighted by molar-refractivity contribution is 0.1000. The summed E-state index contributed by atoms with van der Waals surface area (Å²) in [6.45, 7) is 1.45. The number of carbonyl (C=O) groups excluding carboxylic acids is 1. The lowest BCUT2D eigenvalue weighted by Crippen LogP contribution is -2.33. The van der Waals surface area contributed by atoms with Crippen LogP contribution in [0, 0.1) is 0 Å². The molecule has 0 fully saturated rings. The van der Waals surface area contributed by atoms with Gasteiger partial charge in [-0.3, -0.25) is 4.79 Å². The van der Waals surface area contributed by atoms with Gasteiger partial charge in [0.1, 0.15) is 25.1 Å². The van der Waals surface area contributed by atoms with Gasteiger partial charge < -0.3 is 25.6 Å². The number of carbonyl (C=O) groups is 1. The van der Waals surface area contributed by atoms with Crippen molar-refractivity contribution in [2.24, 2.45) is 5.73 Å². The van der Waals surface area contributed by atoms with Gasteiger partial charge in [-0.15, -0.1) is 0 Å². The minimum atomic E-state index is -0.674. The molecule has 25 heavy (non-hydrogen) atoms. The Morgan fingerprint density at radius 1 is 1.24 bits per heavy atom. The summed E-state index contributed by atoms with van der Waals surface area (Å²) in [5.74, 6) is 0.578. The highest BCUT2D eigenvalue weighted by molar-refractivity contribution is 6.30. The molecule has 1 amide bonds. The van der Waals surface area contributed by atoms with E-state index in [0.717, 1.165) is 0 Å². The molecular weight excluding hydrogens is 346 g/mol. The van der Waals surface area contributed by atoms with Gasteiger partial charge in [0.15, 0.2) is 0 Å². The number of nitrogens with one attached hydrogen (secondary N) is 1. The van der Waals surface area contributed by atoms with Crippen molar-refractivity contribution in [3.05, 3.63) is 53.2 Å². The largest absolute Gasteiger partial charge is 0.492 e. The first kappa shape index (κ1) is 19.0. The fourth-order valence-corrected chi connectivity index (χ4v) is 2.03. The first-order valence-electron chi connectivity index (χ1n) is 7.70. The van der Waals surface area contributed by atoms with Crippen LogP contribution >= 0.6 is 11.6 Å². The van der Waals surface area contributed by atoms with Crippen LogP contribution in [-0.4, -0.2) is 48.4 Å². The predicted molar refractivity (Wildman–Crippen MR) is 94.1 cm³/mol. The number of hydrogen-bond acceptors (Lipinski definition) is 6. The zero-order valence-electron chi connectivity index (χ0n) is 13.5. The number of pyridine rings is 1. The summed E-state index contributed by atoms with van der Waals surface area (Å²) in [4.78, 5) is 14.9. The highest BCUT2D eigenvalue weighted by Gasteiger charge is 2.06. The lowest BCUT2D eigenvalue weighted by atomic mass is 10.2. The van der Waals surface area contributed by atoms with Crippen LogP contribution in [0.2, 0.25) is 5.02 Å². The molecule has 8 heteroatoms. The molecule has 134 valence electrons. The van der Waals surface area contributed by atoms with Crippen molar-refractivity contribution in [1.82, 2.24) is 10.3 Å². The van der Waals surface area contributed by atoms with Gasteiger partial charge in [-0.1, -0.05) is 11.6 Å². The Hall–Kier alpha value is -2.35. The maximum atomic E-state index is 11.0. The van der Waals surface area contributed by atoms with Crippen molar-refractivity contribution in [3.8, 4) is 11.6 Å². The summed E-state index contributed by atoms with van der Waals surface area (Å²) in [6, 6.07) is 9.89. The Morgan fingerprint density at radius 3 is 2.64 bits per heavy atom. The maximum absolute atomic E-state index is 11.0. The van der Waals surface area contributed by atoms with E-state index in [-0.39, 0.29) is 6.61 Å². The van der Waals surface area contributed by atoms with E-state index in [1.165, 1.54) is 6.20 Å². The average Bonchev–Trinajstić information content (AvgIpc) is 2.61. The van der Waals surface area contributed by atoms with E-state index in [4.69, 9.17) is 26.8 Å².